The third kappa shape index (κ3) is 38.8. The van der Waals surface area contributed by atoms with Gasteiger partial charge in [0, 0.05) is 59.1 Å². The van der Waals surface area contributed by atoms with E-state index in [4.69, 9.17) is 4.21 Å². The molecule has 0 atom stereocenters. The van der Waals surface area contributed by atoms with E-state index in [0.717, 1.165) is 0 Å². The molecule has 6 heteroatoms. The molecule has 28 valence electrons. The average molecular weight is 133 g/mol. The first kappa shape index (κ1) is 15.7. The van der Waals surface area contributed by atoms with Crippen LogP contribution in [-0.4, -0.2) is 41.9 Å². The molecule has 0 spiro atoms. The summed E-state index contributed by atoms with van der Waals surface area (Å²) >= 11 is 0. The van der Waals surface area contributed by atoms with Crippen molar-refractivity contribution >= 4 is 68.3 Å². The van der Waals surface area contributed by atoms with Crippen LogP contribution in [0.25, 0.3) is 0 Å². The largest absolute Gasteiger partial charge is 0.225 e. The molecular weight excluding hydrogens is 133 g/mol. The third-order valence-corrected chi connectivity index (χ3v) is 0. The van der Waals surface area contributed by atoms with Gasteiger partial charge in [0.05, 0.1) is 0 Å². The minimum Gasteiger partial charge on any atom is -0.225 e. The van der Waals surface area contributed by atoms with E-state index in [2.05, 4.69) is 21.4 Å². The molecule has 0 unspecified atom stereocenters. The molecule has 6 heavy (non-hydrogen) atoms. The van der Waals surface area contributed by atoms with Crippen molar-refractivity contribution in [3.8, 4) is 0 Å². The van der Waals surface area contributed by atoms with Crippen LogP contribution in [0.4, 0.5) is 0 Å². The Bertz CT molecular complexity index is 34.5. The van der Waals surface area contributed by atoms with Crippen LogP contribution in [0, 0.1) is 0 Å². The van der Waals surface area contributed by atoms with Crippen LogP contribution in [0.15, 0.2) is 0 Å². The fraction of sp³-hybridized carbons (Fsp3) is 0. The smallest absolute Gasteiger partial charge is 0.211 e. The van der Waals surface area contributed by atoms with Gasteiger partial charge in [-0.3, -0.25) is 0 Å². The summed E-state index contributed by atoms with van der Waals surface area (Å²) in [4.78, 5) is 0. The summed E-state index contributed by atoms with van der Waals surface area (Å²) in [7, 11) is 7.36. The van der Waals surface area contributed by atoms with Crippen LogP contribution >= 0.6 is 21.4 Å². The molecule has 0 aliphatic heterocycles. The van der Waals surface area contributed by atoms with Crippen molar-refractivity contribution < 1.29 is 4.21 Å². The first-order chi connectivity index (χ1) is 1.73. The molecule has 0 rings (SSSR count). The summed E-state index contributed by atoms with van der Waals surface area (Å²) in [5.41, 5.74) is 0. The van der Waals surface area contributed by atoms with Crippen molar-refractivity contribution in [2.45, 2.75) is 0 Å². The van der Waals surface area contributed by atoms with Crippen LogP contribution < -0.4 is 0 Å². The van der Waals surface area contributed by atoms with Crippen LogP contribution in [0.1, 0.15) is 0 Å². The molecule has 0 aromatic heterocycles. The second-order valence-corrected chi connectivity index (χ2v) is 2.71. The van der Waals surface area contributed by atoms with Gasteiger partial charge in [-0.05, 0) is 0 Å². The summed E-state index contributed by atoms with van der Waals surface area (Å²) < 4.78 is 9.09. The molecule has 0 amide bonds. The molecule has 0 aliphatic rings. The third-order valence-electron chi connectivity index (χ3n) is 0. The number of halogens is 2. The molecule has 0 aromatic carbocycles. The summed E-state index contributed by atoms with van der Waals surface area (Å²) in [6, 6.07) is 0. The number of hydrogen-bond acceptors (Lipinski definition) is 1. The van der Waals surface area contributed by atoms with Crippen LogP contribution in [-0.2, 0) is 9.23 Å². The fourth-order valence-corrected chi connectivity index (χ4v) is 0. The molecule has 0 saturated heterocycles. The van der Waals surface area contributed by atoms with Gasteiger partial charge in [0.2, 0.25) is 9.23 Å². The molecule has 0 bridgehead atoms. The molecule has 0 N–H and O–H groups in total. The molecule has 0 heterocycles. The Kier molecular flexibility index (Phi) is 26.2. The van der Waals surface area contributed by atoms with Gasteiger partial charge >= 0.3 is 0 Å². The van der Waals surface area contributed by atoms with Gasteiger partial charge in [-0.1, -0.05) is 0 Å². The van der Waals surface area contributed by atoms with E-state index in [1.165, 1.54) is 0 Å². The fourth-order valence-electron chi connectivity index (χ4n) is 0. The summed E-state index contributed by atoms with van der Waals surface area (Å²) in [5.74, 6) is 0. The first-order valence-corrected chi connectivity index (χ1v) is 3.28. The van der Waals surface area contributed by atoms with Gasteiger partial charge in [-0.2, -0.15) is 0 Å². The van der Waals surface area contributed by atoms with Crippen molar-refractivity contribution in [2.24, 2.45) is 0 Å². The van der Waals surface area contributed by atoms with Gasteiger partial charge in [0.15, 0.2) is 0 Å². The van der Waals surface area contributed by atoms with E-state index in [9.17, 15) is 0 Å². The van der Waals surface area contributed by atoms with Crippen LogP contribution in [0.5, 0.6) is 0 Å². The molecule has 1 nitrogen and oxygen atoms in total. The van der Waals surface area contributed by atoms with E-state index in [0.29, 0.717) is 0 Å². The molecular formula is Cl2Li2OS. The zero-order valence-corrected chi connectivity index (χ0v) is 5.90. The average Bonchev–Trinajstić information content (AvgIpc) is 0.811. The first-order valence-electron chi connectivity index (χ1n) is 0.475. The van der Waals surface area contributed by atoms with Crippen LogP contribution in [0.3, 0.4) is 0 Å². The molecule has 0 saturated carbocycles. The minimum absolute atomic E-state index is 0. The predicted molar refractivity (Wildman–Crippen MR) is 31.4 cm³/mol. The van der Waals surface area contributed by atoms with Crippen molar-refractivity contribution in [1.29, 1.82) is 0 Å². The Hall–Kier alpha value is 1.92. The maximum Gasteiger partial charge on any atom is 0.211 e. The maximum atomic E-state index is 9.09. The van der Waals surface area contributed by atoms with Gasteiger partial charge in [-0.25, -0.2) is 4.21 Å². The van der Waals surface area contributed by atoms with Crippen molar-refractivity contribution in [1.82, 2.24) is 0 Å². The van der Waals surface area contributed by atoms with E-state index in [-0.39, 0.29) is 37.7 Å². The standard InChI is InChI=1S/Cl2OS.2Li/c1-4(2)3;;. The van der Waals surface area contributed by atoms with Gasteiger partial charge in [0.25, 0.3) is 0 Å². The van der Waals surface area contributed by atoms with E-state index in [1.54, 1.807) is 0 Å². The summed E-state index contributed by atoms with van der Waals surface area (Å²) in [6.45, 7) is 0. The quantitative estimate of drug-likeness (QED) is 0.342. The van der Waals surface area contributed by atoms with Crippen LogP contribution in [0.2, 0.25) is 0 Å². The zero-order chi connectivity index (χ0) is 3.58. The maximum absolute atomic E-state index is 9.09. The Morgan fingerprint density at radius 3 is 1.17 bits per heavy atom. The molecule has 0 aliphatic carbocycles. The number of rotatable bonds is 0. The number of hydrogen-bond donors (Lipinski definition) is 0. The van der Waals surface area contributed by atoms with E-state index >= 15 is 0 Å². The van der Waals surface area contributed by atoms with Gasteiger partial charge in [0.1, 0.15) is 0 Å². The van der Waals surface area contributed by atoms with Crippen molar-refractivity contribution in [3.05, 3.63) is 0 Å². The Balaban J connectivity index is -0.0000000450. The minimum atomic E-state index is -1.67. The zero-order valence-electron chi connectivity index (χ0n) is 3.57. The summed E-state index contributed by atoms with van der Waals surface area (Å²) in [5, 5.41) is 0. The molecule has 0 aromatic rings. The topological polar surface area (TPSA) is 17.1 Å². The van der Waals surface area contributed by atoms with Crippen molar-refractivity contribution in [2.75, 3.05) is 0 Å². The van der Waals surface area contributed by atoms with Gasteiger partial charge < -0.3 is 0 Å². The second-order valence-electron chi connectivity index (χ2n) is 0.184. The second kappa shape index (κ2) is 10.0. The monoisotopic (exact) mass is 132 g/mol. The molecule has 2 radical (unpaired) electrons. The van der Waals surface area contributed by atoms with Crippen molar-refractivity contribution in [3.63, 3.8) is 0 Å². The predicted octanol–water partition coefficient (Wildman–Crippen LogP) is 0.281. The SMILES string of the molecule is O=S(Cl)Cl.[Li].[Li]. The Morgan fingerprint density at radius 2 is 1.17 bits per heavy atom. The normalized spacial score (nSPS) is 5.83. The Labute approximate surface area is 72.0 Å². The Morgan fingerprint density at radius 1 is 1.17 bits per heavy atom. The van der Waals surface area contributed by atoms with Gasteiger partial charge in [-0.15, -0.1) is 0 Å². The van der Waals surface area contributed by atoms with E-state index < -0.39 is 9.23 Å². The van der Waals surface area contributed by atoms with E-state index in [1.807, 2.05) is 0 Å². The molecule has 0 fully saturated rings. The summed E-state index contributed by atoms with van der Waals surface area (Å²) in [6.07, 6.45) is 0.